The highest BCUT2D eigenvalue weighted by molar-refractivity contribution is 7.99. The van der Waals surface area contributed by atoms with Crippen LogP contribution in [0.15, 0.2) is 53.8 Å². The number of likely N-dealkylation sites (tertiary alicyclic amines) is 1. The first-order valence-corrected chi connectivity index (χ1v) is 11.2. The molecule has 0 radical (unpaired) electrons. The highest BCUT2D eigenvalue weighted by atomic mass is 32.2. The summed E-state index contributed by atoms with van der Waals surface area (Å²) in [5.74, 6) is 1.92. The second-order valence-corrected chi connectivity index (χ2v) is 8.08. The largest absolute Gasteiger partial charge is 0.497 e. The molecular formula is C22H25N5O2S. The van der Waals surface area contributed by atoms with E-state index in [1.165, 1.54) is 24.6 Å². The molecule has 0 atom stereocenters. The third-order valence-electron chi connectivity index (χ3n) is 5.14. The quantitative estimate of drug-likeness (QED) is 0.561. The van der Waals surface area contributed by atoms with Crippen LogP contribution >= 0.6 is 11.8 Å². The number of hydrogen-bond acceptors (Lipinski definition) is 6. The fraction of sp³-hybridized carbons (Fsp3) is 0.364. The summed E-state index contributed by atoms with van der Waals surface area (Å²) in [5, 5.41) is 9.44. The molecule has 8 heteroatoms. The van der Waals surface area contributed by atoms with E-state index < -0.39 is 0 Å². The van der Waals surface area contributed by atoms with Gasteiger partial charge in [0.2, 0.25) is 5.91 Å². The first kappa shape index (κ1) is 20.4. The van der Waals surface area contributed by atoms with Gasteiger partial charge in [-0.2, -0.15) is 0 Å². The Morgan fingerprint density at radius 2 is 1.80 bits per heavy atom. The number of benzene rings is 1. The molecule has 0 spiro atoms. The lowest BCUT2D eigenvalue weighted by molar-refractivity contribution is -0.128. The summed E-state index contributed by atoms with van der Waals surface area (Å²) in [4.78, 5) is 19.2. The van der Waals surface area contributed by atoms with Crippen molar-refractivity contribution < 1.29 is 9.53 Å². The van der Waals surface area contributed by atoms with Crippen molar-refractivity contribution in [3.05, 3.63) is 48.7 Å². The highest BCUT2D eigenvalue weighted by Crippen LogP contribution is 2.28. The Kier molecular flexibility index (Phi) is 6.63. The standard InChI is InChI=1S/C22H25N5O2S/c1-29-18-11-9-17(10-12-18)27-21(19-8-4-5-13-23-19)24-25-22(27)30-16-20(28)26-14-6-2-3-7-15-26/h4-5,8-13H,2-3,6-7,14-16H2,1H3. The second kappa shape index (κ2) is 9.75. The molecule has 1 aliphatic rings. The molecule has 3 aromatic rings. The summed E-state index contributed by atoms with van der Waals surface area (Å²) >= 11 is 1.42. The van der Waals surface area contributed by atoms with Gasteiger partial charge in [0.15, 0.2) is 11.0 Å². The average molecular weight is 424 g/mol. The molecule has 1 aromatic carbocycles. The SMILES string of the molecule is COc1ccc(-n2c(SCC(=O)N3CCCCCC3)nnc2-c2ccccn2)cc1. The van der Waals surface area contributed by atoms with Crippen LogP contribution in [0.25, 0.3) is 17.2 Å². The van der Waals surface area contributed by atoms with Gasteiger partial charge in [-0.3, -0.25) is 14.3 Å². The minimum atomic E-state index is 0.158. The van der Waals surface area contributed by atoms with Crippen molar-refractivity contribution >= 4 is 17.7 Å². The number of methoxy groups -OCH3 is 1. The molecule has 1 fully saturated rings. The van der Waals surface area contributed by atoms with Crippen molar-refractivity contribution in [2.75, 3.05) is 26.0 Å². The maximum Gasteiger partial charge on any atom is 0.233 e. The normalized spacial score (nSPS) is 14.4. The van der Waals surface area contributed by atoms with Gasteiger partial charge in [0.05, 0.1) is 18.6 Å². The van der Waals surface area contributed by atoms with Crippen LogP contribution in [-0.2, 0) is 4.79 Å². The maximum absolute atomic E-state index is 12.8. The topological polar surface area (TPSA) is 73.1 Å². The van der Waals surface area contributed by atoms with Crippen LogP contribution in [0, 0.1) is 0 Å². The van der Waals surface area contributed by atoms with Crippen LogP contribution in [0.1, 0.15) is 25.7 Å². The zero-order chi connectivity index (χ0) is 20.8. The van der Waals surface area contributed by atoms with Crippen LogP contribution in [-0.4, -0.2) is 56.5 Å². The smallest absolute Gasteiger partial charge is 0.233 e. The zero-order valence-corrected chi connectivity index (χ0v) is 17.8. The van der Waals surface area contributed by atoms with Gasteiger partial charge in [0, 0.05) is 19.3 Å². The molecular weight excluding hydrogens is 398 g/mol. The number of thioether (sulfide) groups is 1. The molecule has 2 aromatic heterocycles. The first-order chi connectivity index (χ1) is 14.8. The van der Waals surface area contributed by atoms with Crippen molar-refractivity contribution in [2.24, 2.45) is 0 Å². The third kappa shape index (κ3) is 4.64. The Bertz CT molecular complexity index is 967. The first-order valence-electron chi connectivity index (χ1n) is 10.2. The average Bonchev–Trinajstić information content (AvgIpc) is 3.02. The van der Waals surface area contributed by atoms with Crippen LogP contribution < -0.4 is 4.74 Å². The molecule has 4 rings (SSSR count). The lowest BCUT2D eigenvalue weighted by Crippen LogP contribution is -2.33. The Morgan fingerprint density at radius 1 is 1.03 bits per heavy atom. The number of aromatic nitrogens is 4. The lowest BCUT2D eigenvalue weighted by Gasteiger charge is -2.20. The molecule has 1 saturated heterocycles. The molecule has 0 saturated carbocycles. The van der Waals surface area contributed by atoms with Crippen molar-refractivity contribution in [1.82, 2.24) is 24.6 Å². The molecule has 0 aliphatic carbocycles. The van der Waals surface area contributed by atoms with Gasteiger partial charge in [-0.05, 0) is 49.2 Å². The van der Waals surface area contributed by atoms with Gasteiger partial charge in [-0.15, -0.1) is 10.2 Å². The maximum atomic E-state index is 12.8. The van der Waals surface area contributed by atoms with E-state index in [1.54, 1.807) is 13.3 Å². The fourth-order valence-corrected chi connectivity index (χ4v) is 4.38. The highest BCUT2D eigenvalue weighted by Gasteiger charge is 2.20. The monoisotopic (exact) mass is 423 g/mol. The Hall–Kier alpha value is -2.87. The molecule has 30 heavy (non-hydrogen) atoms. The fourth-order valence-electron chi connectivity index (χ4n) is 3.53. The molecule has 0 bridgehead atoms. The van der Waals surface area contributed by atoms with E-state index in [1.807, 2.05) is 51.9 Å². The summed E-state index contributed by atoms with van der Waals surface area (Å²) < 4.78 is 7.23. The third-order valence-corrected chi connectivity index (χ3v) is 6.06. The minimum Gasteiger partial charge on any atom is -0.497 e. The minimum absolute atomic E-state index is 0.158. The number of ether oxygens (including phenoxy) is 1. The van der Waals surface area contributed by atoms with Crippen LogP contribution in [0.3, 0.4) is 0 Å². The van der Waals surface area contributed by atoms with Gasteiger partial charge < -0.3 is 9.64 Å². The number of carbonyl (C=O) groups is 1. The second-order valence-electron chi connectivity index (χ2n) is 7.14. The predicted octanol–water partition coefficient (Wildman–Crippen LogP) is 3.83. The van der Waals surface area contributed by atoms with Crippen molar-refractivity contribution in [3.63, 3.8) is 0 Å². The van der Waals surface area contributed by atoms with Crippen molar-refractivity contribution in [2.45, 2.75) is 30.8 Å². The molecule has 3 heterocycles. The molecule has 0 N–H and O–H groups in total. The van der Waals surface area contributed by atoms with Gasteiger partial charge in [0.1, 0.15) is 11.4 Å². The number of nitrogens with zero attached hydrogens (tertiary/aromatic N) is 5. The molecule has 1 aliphatic heterocycles. The number of pyridine rings is 1. The van der Waals surface area contributed by atoms with E-state index in [0.717, 1.165) is 43.1 Å². The molecule has 7 nitrogen and oxygen atoms in total. The molecule has 0 unspecified atom stereocenters. The summed E-state index contributed by atoms with van der Waals surface area (Å²) in [5.41, 5.74) is 1.62. The summed E-state index contributed by atoms with van der Waals surface area (Å²) in [6.45, 7) is 1.70. The van der Waals surface area contributed by atoms with Crippen molar-refractivity contribution in [3.8, 4) is 23.0 Å². The zero-order valence-electron chi connectivity index (χ0n) is 17.0. The Morgan fingerprint density at radius 3 is 2.47 bits per heavy atom. The van der Waals surface area contributed by atoms with Crippen molar-refractivity contribution in [1.29, 1.82) is 0 Å². The van der Waals surface area contributed by atoms with Gasteiger partial charge >= 0.3 is 0 Å². The van der Waals surface area contributed by atoms with E-state index in [-0.39, 0.29) is 5.91 Å². The van der Waals surface area contributed by atoms with Gasteiger partial charge in [-0.1, -0.05) is 30.7 Å². The summed E-state index contributed by atoms with van der Waals surface area (Å²) in [6.07, 6.45) is 6.31. The summed E-state index contributed by atoms with van der Waals surface area (Å²) in [6, 6.07) is 13.4. The Balaban J connectivity index is 1.60. The van der Waals surface area contributed by atoms with Gasteiger partial charge in [0.25, 0.3) is 0 Å². The van der Waals surface area contributed by atoms with E-state index in [9.17, 15) is 4.79 Å². The Labute approximate surface area is 180 Å². The van der Waals surface area contributed by atoms with Crippen LogP contribution in [0.4, 0.5) is 0 Å². The predicted molar refractivity (Wildman–Crippen MR) is 117 cm³/mol. The van der Waals surface area contributed by atoms with E-state index >= 15 is 0 Å². The molecule has 156 valence electrons. The van der Waals surface area contributed by atoms with E-state index in [0.29, 0.717) is 16.7 Å². The molecule has 1 amide bonds. The number of rotatable bonds is 6. The van der Waals surface area contributed by atoms with E-state index in [2.05, 4.69) is 15.2 Å². The lowest BCUT2D eigenvalue weighted by atomic mass is 10.2. The van der Waals surface area contributed by atoms with Crippen LogP contribution in [0.2, 0.25) is 0 Å². The summed E-state index contributed by atoms with van der Waals surface area (Å²) in [7, 11) is 1.64. The van der Waals surface area contributed by atoms with Crippen LogP contribution in [0.5, 0.6) is 5.75 Å². The number of amides is 1. The number of hydrogen-bond donors (Lipinski definition) is 0. The number of carbonyl (C=O) groups excluding carboxylic acids is 1. The van der Waals surface area contributed by atoms with E-state index in [4.69, 9.17) is 4.74 Å². The van der Waals surface area contributed by atoms with Gasteiger partial charge in [-0.25, -0.2) is 0 Å².